The molecule has 24 nitrogen and oxygen atoms in total. The molecular formula is CoMnN6NiO18. The van der Waals surface area contributed by atoms with Crippen LogP contribution >= 0.6 is 0 Å². The summed E-state index contributed by atoms with van der Waals surface area (Å²) in [5, 5.41) is 88.5. The second-order valence-electron chi connectivity index (χ2n) is 1.34. The summed E-state index contributed by atoms with van der Waals surface area (Å²) in [5.41, 5.74) is 0. The smallest absolute Gasteiger partial charge is 0.356 e. The molecule has 27 heteroatoms. The minimum atomic E-state index is -1.75. The van der Waals surface area contributed by atoms with Gasteiger partial charge in [0.25, 0.3) is 0 Å². The van der Waals surface area contributed by atoms with Crippen molar-refractivity contribution in [1.29, 1.82) is 0 Å². The van der Waals surface area contributed by atoms with Crippen molar-refractivity contribution < 1.29 is 80.9 Å². The van der Waals surface area contributed by atoms with E-state index < -0.39 is 30.5 Å². The first kappa shape index (κ1) is 56.5. The molecular weight excluding hydrogens is 545 g/mol. The molecule has 27 heavy (non-hydrogen) atoms. The first-order chi connectivity index (χ1) is 10.4. The average molecular weight is 545 g/mol. The van der Waals surface area contributed by atoms with Crippen LogP contribution in [-0.2, 0) is 50.3 Å². The molecule has 0 aromatic rings. The van der Waals surface area contributed by atoms with Crippen molar-refractivity contribution in [3.63, 3.8) is 0 Å². The number of hydrogen-bond acceptors (Lipinski definition) is 18. The Labute approximate surface area is 173 Å². The third-order valence-electron chi connectivity index (χ3n) is 0. The Morgan fingerprint density at radius 3 is 0.333 bits per heavy atom. The van der Waals surface area contributed by atoms with Crippen LogP contribution in [0.5, 0.6) is 0 Å². The van der Waals surface area contributed by atoms with Crippen LogP contribution in [0.25, 0.3) is 0 Å². The first-order valence-corrected chi connectivity index (χ1v) is 3.29. The van der Waals surface area contributed by atoms with Gasteiger partial charge >= 0.3 is 50.3 Å². The van der Waals surface area contributed by atoms with E-state index in [1.54, 1.807) is 0 Å². The molecule has 0 saturated carbocycles. The molecule has 0 heterocycles. The summed E-state index contributed by atoms with van der Waals surface area (Å²) in [6.45, 7) is 0. The van der Waals surface area contributed by atoms with E-state index in [0.717, 1.165) is 0 Å². The zero-order valence-corrected chi connectivity index (χ0v) is 14.3. The standard InChI is InChI=1S/Co.Mn.6NO3.Ni/c;;6*2-1(3)4;/q2*+2;6*-1;+2. The molecule has 0 aliphatic heterocycles. The van der Waals surface area contributed by atoms with Crippen molar-refractivity contribution in [2.24, 2.45) is 0 Å². The Morgan fingerprint density at radius 2 is 0.333 bits per heavy atom. The first-order valence-electron chi connectivity index (χ1n) is 3.29. The molecule has 0 amide bonds. The summed E-state index contributed by atoms with van der Waals surface area (Å²) < 4.78 is 0. The zero-order chi connectivity index (χ0) is 21.5. The number of nitrogens with zero attached hydrogens (tertiary/aromatic N) is 6. The molecule has 0 bridgehead atoms. The fourth-order valence-electron chi connectivity index (χ4n) is 0. The van der Waals surface area contributed by atoms with Gasteiger partial charge in [0.2, 0.25) is 0 Å². The van der Waals surface area contributed by atoms with E-state index in [1.165, 1.54) is 0 Å². The van der Waals surface area contributed by atoms with E-state index in [-0.39, 0.29) is 50.3 Å². The molecule has 0 aromatic heterocycles. The summed E-state index contributed by atoms with van der Waals surface area (Å²) >= 11 is 0. The summed E-state index contributed by atoms with van der Waals surface area (Å²) in [4.78, 5) is 49.5. The normalized spacial score (nSPS) is 5.33. The largest absolute Gasteiger partial charge is 2.00 e. The Bertz CT molecular complexity index is 269. The van der Waals surface area contributed by atoms with Gasteiger partial charge in [-0.3, -0.25) is 0 Å². The van der Waals surface area contributed by atoms with E-state index in [9.17, 15) is 0 Å². The maximum Gasteiger partial charge on any atom is 2.00 e. The van der Waals surface area contributed by atoms with Crippen molar-refractivity contribution >= 4 is 0 Å². The minimum absolute atomic E-state index is 0. The van der Waals surface area contributed by atoms with Gasteiger partial charge in [-0.2, -0.15) is 0 Å². The van der Waals surface area contributed by atoms with Crippen LogP contribution in [0.4, 0.5) is 0 Å². The molecule has 164 valence electrons. The second kappa shape index (κ2) is 49.5. The quantitative estimate of drug-likeness (QED) is 0.191. The van der Waals surface area contributed by atoms with Crippen molar-refractivity contribution in [2.45, 2.75) is 0 Å². The number of hydrogen-bond donors (Lipinski definition) is 0. The molecule has 2 radical (unpaired) electrons. The summed E-state index contributed by atoms with van der Waals surface area (Å²) in [6, 6.07) is 0. The van der Waals surface area contributed by atoms with Crippen molar-refractivity contribution in [2.75, 3.05) is 0 Å². The molecule has 0 aliphatic carbocycles. The second-order valence-corrected chi connectivity index (χ2v) is 1.34. The number of rotatable bonds is 0. The topological polar surface area (TPSA) is 397 Å². The van der Waals surface area contributed by atoms with E-state index in [4.69, 9.17) is 91.9 Å². The summed E-state index contributed by atoms with van der Waals surface area (Å²) in [7, 11) is 0. The molecule has 0 aromatic carbocycles. The van der Waals surface area contributed by atoms with Crippen LogP contribution in [-0.4, -0.2) is 30.5 Å². The molecule has 0 atom stereocenters. The minimum Gasteiger partial charge on any atom is -0.356 e. The summed E-state index contributed by atoms with van der Waals surface area (Å²) in [5.74, 6) is 0. The Balaban J connectivity index is -0.0000000201. The van der Waals surface area contributed by atoms with Crippen molar-refractivity contribution in [3.8, 4) is 0 Å². The van der Waals surface area contributed by atoms with Gasteiger partial charge in [0.1, 0.15) is 0 Å². The van der Waals surface area contributed by atoms with E-state index >= 15 is 0 Å². The van der Waals surface area contributed by atoms with Crippen LogP contribution in [0.3, 0.4) is 0 Å². The van der Waals surface area contributed by atoms with Gasteiger partial charge in [0, 0.05) is 0 Å². The predicted octanol–water partition coefficient (Wildman–Crippen LogP) is -1.44. The molecule has 0 unspecified atom stereocenters. The Hall–Kier alpha value is -3.28. The van der Waals surface area contributed by atoms with Crippen LogP contribution in [0.2, 0.25) is 0 Å². The van der Waals surface area contributed by atoms with Gasteiger partial charge in [0.05, 0.1) is 30.5 Å². The molecule has 0 fully saturated rings. The van der Waals surface area contributed by atoms with E-state index in [1.807, 2.05) is 0 Å². The van der Waals surface area contributed by atoms with Gasteiger partial charge in [-0.25, -0.2) is 0 Å². The van der Waals surface area contributed by atoms with Gasteiger partial charge in [0.15, 0.2) is 0 Å². The van der Waals surface area contributed by atoms with Crippen molar-refractivity contribution in [3.05, 3.63) is 91.9 Å². The fraction of sp³-hybridized carbons (Fsp3) is 0. The zero-order valence-electron chi connectivity index (χ0n) is 11.1. The maximum atomic E-state index is 8.25. The summed E-state index contributed by atoms with van der Waals surface area (Å²) in [6.07, 6.45) is 0. The molecule has 0 spiro atoms. The predicted molar refractivity (Wildman–Crippen MR) is 62.2 cm³/mol. The van der Waals surface area contributed by atoms with Crippen molar-refractivity contribution in [1.82, 2.24) is 0 Å². The van der Waals surface area contributed by atoms with Gasteiger partial charge in [-0.1, -0.05) is 0 Å². The van der Waals surface area contributed by atoms with Crippen LogP contribution in [0, 0.1) is 91.9 Å². The van der Waals surface area contributed by atoms with Crippen LogP contribution < -0.4 is 0 Å². The Kier molecular flexibility index (Phi) is 104. The Morgan fingerprint density at radius 1 is 0.333 bits per heavy atom. The molecule has 0 saturated heterocycles. The maximum absolute atomic E-state index is 8.25. The van der Waals surface area contributed by atoms with E-state index in [0.29, 0.717) is 0 Å². The van der Waals surface area contributed by atoms with Gasteiger partial charge in [-0.15, -0.1) is 0 Å². The average Bonchev–Trinajstić information content (AvgIpc) is 2.08. The van der Waals surface area contributed by atoms with Gasteiger partial charge in [-0.05, 0) is 0 Å². The fourth-order valence-corrected chi connectivity index (χ4v) is 0. The van der Waals surface area contributed by atoms with Crippen LogP contribution in [0.15, 0.2) is 0 Å². The van der Waals surface area contributed by atoms with E-state index in [2.05, 4.69) is 0 Å². The monoisotopic (exact) mass is 544 g/mol. The molecule has 0 rings (SSSR count). The third kappa shape index (κ3) is 906. The van der Waals surface area contributed by atoms with Crippen LogP contribution in [0.1, 0.15) is 0 Å². The van der Waals surface area contributed by atoms with Gasteiger partial charge < -0.3 is 91.9 Å². The molecule has 0 aliphatic rings. The SMILES string of the molecule is O=[N+]([O-])[O-].O=[N+]([O-])[O-].O=[N+]([O-])[O-].O=[N+]([O-])[O-].O=[N+]([O-])[O-].O=[N+]([O-])[O-].[Co+2].[Mn+2].[Ni+2]. The molecule has 0 N–H and O–H groups in total. The third-order valence-corrected chi connectivity index (χ3v) is 0.